The summed E-state index contributed by atoms with van der Waals surface area (Å²) in [6, 6.07) is 15.0. The number of hydrogen-bond donors (Lipinski definition) is 1. The number of benzene rings is 2. The zero-order chi connectivity index (χ0) is 27.8. The Labute approximate surface area is 266 Å². The number of para-hydroxylation sites is 1. The van der Waals surface area contributed by atoms with Crippen LogP contribution in [0.2, 0.25) is 0 Å². The maximum absolute atomic E-state index is 12.0. The topological polar surface area (TPSA) is 72.5 Å². The SMILES string of the molecule is CCCCCCCCCCCCCCCCCCCC1Nc2cccc(S(=O)(=O)[O-])c2N1Cc1ccccc1.[Na+]. The fourth-order valence-corrected chi connectivity index (χ4v) is 6.52. The molecule has 40 heavy (non-hydrogen) atoms. The van der Waals surface area contributed by atoms with E-state index < -0.39 is 10.1 Å². The van der Waals surface area contributed by atoms with Crippen molar-refractivity contribution in [2.24, 2.45) is 0 Å². The Morgan fingerprint density at radius 1 is 0.700 bits per heavy atom. The molecule has 1 atom stereocenters. The van der Waals surface area contributed by atoms with Gasteiger partial charge in [-0.2, -0.15) is 0 Å². The molecule has 0 spiro atoms. The number of hydrogen-bond acceptors (Lipinski definition) is 5. The van der Waals surface area contributed by atoms with Crippen molar-refractivity contribution in [3.8, 4) is 0 Å². The van der Waals surface area contributed by atoms with E-state index in [1.54, 1.807) is 6.07 Å². The second kappa shape index (κ2) is 20.0. The first-order valence-corrected chi connectivity index (χ1v) is 17.1. The van der Waals surface area contributed by atoms with Crippen LogP contribution in [0.4, 0.5) is 11.4 Å². The Balaban J connectivity index is 0.00000560. The van der Waals surface area contributed by atoms with Crippen LogP contribution < -0.4 is 39.8 Å². The van der Waals surface area contributed by atoms with Gasteiger partial charge in [-0.1, -0.05) is 146 Å². The van der Waals surface area contributed by atoms with Crippen molar-refractivity contribution >= 4 is 21.5 Å². The van der Waals surface area contributed by atoms with Crippen LogP contribution in [0.1, 0.15) is 128 Å². The fraction of sp³-hybridized carbons (Fsp3) is 0.636. The molecule has 5 nitrogen and oxygen atoms in total. The standard InChI is InChI=1S/C33H52N2O3S.Na/c1-2-3-4-5-6-7-8-9-10-11-12-13-14-15-16-17-21-27-32-34-30-25-22-26-31(39(36,37)38)33(30)35(32)28-29-23-19-18-20-24-29;/h18-20,22-26,32,34H,2-17,21,27-28H2,1H3,(H,36,37,38);/q;+1/p-1. The monoisotopic (exact) mass is 578 g/mol. The quantitative estimate of drug-likeness (QED) is 0.106. The summed E-state index contributed by atoms with van der Waals surface area (Å²) >= 11 is 0. The summed E-state index contributed by atoms with van der Waals surface area (Å²) in [5.41, 5.74) is 2.35. The van der Waals surface area contributed by atoms with Gasteiger partial charge < -0.3 is 14.8 Å². The zero-order valence-corrected chi connectivity index (χ0v) is 28.0. The molecule has 1 unspecified atom stereocenters. The summed E-state index contributed by atoms with van der Waals surface area (Å²) in [4.78, 5) is 1.94. The third kappa shape index (κ3) is 12.4. The van der Waals surface area contributed by atoms with Crippen molar-refractivity contribution in [2.75, 3.05) is 10.2 Å². The molecule has 0 amide bonds. The Kier molecular flexibility index (Phi) is 17.5. The van der Waals surface area contributed by atoms with Gasteiger partial charge in [0.15, 0.2) is 0 Å². The molecule has 1 heterocycles. The molecular weight excluding hydrogens is 527 g/mol. The summed E-state index contributed by atoms with van der Waals surface area (Å²) in [7, 11) is -4.56. The van der Waals surface area contributed by atoms with Crippen LogP contribution in [0.3, 0.4) is 0 Å². The van der Waals surface area contributed by atoms with E-state index in [9.17, 15) is 13.0 Å². The number of rotatable bonds is 21. The molecule has 2 aromatic carbocycles. The van der Waals surface area contributed by atoms with Crippen molar-refractivity contribution in [1.82, 2.24) is 0 Å². The second-order valence-electron chi connectivity index (χ2n) is 11.3. The normalized spacial score (nSPS) is 14.6. The molecule has 3 rings (SSSR count). The molecular formula is C33H51N2NaO3S. The predicted octanol–water partition coefficient (Wildman–Crippen LogP) is 6.39. The summed E-state index contributed by atoms with van der Waals surface area (Å²) in [6.07, 6.45) is 23.8. The summed E-state index contributed by atoms with van der Waals surface area (Å²) in [6.45, 7) is 2.85. The number of unbranched alkanes of at least 4 members (excludes halogenated alkanes) is 16. The van der Waals surface area contributed by atoms with Gasteiger partial charge >= 0.3 is 29.6 Å². The largest absolute Gasteiger partial charge is 1.00 e. The van der Waals surface area contributed by atoms with Crippen LogP contribution in [0.25, 0.3) is 0 Å². The van der Waals surface area contributed by atoms with Gasteiger partial charge in [-0.05, 0) is 30.5 Å². The van der Waals surface area contributed by atoms with E-state index in [0.29, 0.717) is 12.2 Å². The third-order valence-electron chi connectivity index (χ3n) is 8.03. The first-order valence-electron chi connectivity index (χ1n) is 15.7. The molecule has 7 heteroatoms. The Morgan fingerprint density at radius 3 is 1.70 bits per heavy atom. The fourth-order valence-electron chi connectivity index (χ4n) is 5.81. The van der Waals surface area contributed by atoms with Crippen molar-refractivity contribution < 1.29 is 42.5 Å². The first kappa shape index (κ1) is 35.1. The predicted molar refractivity (Wildman–Crippen MR) is 163 cm³/mol. The average Bonchev–Trinajstić information content (AvgIpc) is 3.27. The van der Waals surface area contributed by atoms with Crippen LogP contribution in [0, 0.1) is 0 Å². The first-order chi connectivity index (χ1) is 19.0. The minimum atomic E-state index is -4.56. The van der Waals surface area contributed by atoms with Gasteiger partial charge in [0.2, 0.25) is 0 Å². The van der Waals surface area contributed by atoms with Gasteiger partial charge in [0.05, 0.1) is 22.4 Å². The summed E-state index contributed by atoms with van der Waals surface area (Å²) in [5, 5.41) is 3.49. The van der Waals surface area contributed by atoms with E-state index in [1.807, 2.05) is 36.4 Å². The second-order valence-corrected chi connectivity index (χ2v) is 12.7. The number of anilines is 2. The van der Waals surface area contributed by atoms with E-state index in [-0.39, 0.29) is 40.6 Å². The molecule has 0 aromatic heterocycles. The molecule has 1 N–H and O–H groups in total. The van der Waals surface area contributed by atoms with Gasteiger partial charge in [0, 0.05) is 6.54 Å². The van der Waals surface area contributed by atoms with E-state index in [0.717, 1.165) is 24.1 Å². The molecule has 0 saturated carbocycles. The Morgan fingerprint density at radius 2 is 1.20 bits per heavy atom. The third-order valence-corrected chi connectivity index (χ3v) is 8.90. The van der Waals surface area contributed by atoms with Crippen molar-refractivity contribution in [3.63, 3.8) is 0 Å². The molecule has 1 aliphatic rings. The molecule has 218 valence electrons. The van der Waals surface area contributed by atoms with Crippen molar-refractivity contribution in [1.29, 1.82) is 0 Å². The van der Waals surface area contributed by atoms with Crippen LogP contribution in [0.15, 0.2) is 53.4 Å². The Bertz CT molecular complexity index is 1050. The van der Waals surface area contributed by atoms with Crippen LogP contribution in [0.5, 0.6) is 0 Å². The van der Waals surface area contributed by atoms with Crippen molar-refractivity contribution in [3.05, 3.63) is 54.1 Å². The van der Waals surface area contributed by atoms with Gasteiger partial charge in [-0.3, -0.25) is 0 Å². The van der Waals surface area contributed by atoms with Gasteiger partial charge in [-0.25, -0.2) is 8.42 Å². The van der Waals surface area contributed by atoms with Crippen LogP contribution >= 0.6 is 0 Å². The molecule has 0 bridgehead atoms. The Hall–Kier alpha value is -1.05. The zero-order valence-electron chi connectivity index (χ0n) is 25.2. The number of nitrogens with zero attached hydrogens (tertiary/aromatic N) is 1. The molecule has 1 aliphatic heterocycles. The van der Waals surface area contributed by atoms with Crippen molar-refractivity contribution in [2.45, 2.75) is 140 Å². The van der Waals surface area contributed by atoms with E-state index in [1.165, 1.54) is 109 Å². The maximum Gasteiger partial charge on any atom is 1.00 e. The van der Waals surface area contributed by atoms with E-state index in [4.69, 9.17) is 0 Å². The smallest absolute Gasteiger partial charge is 0.744 e. The molecule has 0 saturated heterocycles. The summed E-state index contributed by atoms with van der Waals surface area (Å²) < 4.78 is 36.0. The van der Waals surface area contributed by atoms with E-state index >= 15 is 0 Å². The average molecular weight is 579 g/mol. The van der Waals surface area contributed by atoms with Gasteiger partial charge in [-0.15, -0.1) is 0 Å². The number of nitrogens with one attached hydrogen (secondary N) is 1. The molecule has 2 aromatic rings. The molecule has 0 aliphatic carbocycles. The van der Waals surface area contributed by atoms with Crippen LogP contribution in [-0.4, -0.2) is 19.1 Å². The molecule has 0 fully saturated rings. The maximum atomic E-state index is 12.0. The molecule has 0 radical (unpaired) electrons. The van der Waals surface area contributed by atoms with E-state index in [2.05, 4.69) is 17.1 Å². The van der Waals surface area contributed by atoms with Gasteiger partial charge in [0.25, 0.3) is 0 Å². The number of fused-ring (bicyclic) bond motifs is 1. The minimum Gasteiger partial charge on any atom is -0.744 e. The van der Waals surface area contributed by atoms with Gasteiger partial charge in [0.1, 0.15) is 10.1 Å². The minimum absolute atomic E-state index is 0. The summed E-state index contributed by atoms with van der Waals surface area (Å²) in [5.74, 6) is 0. The van der Waals surface area contributed by atoms with Crippen LogP contribution in [-0.2, 0) is 16.7 Å².